The van der Waals surface area contributed by atoms with E-state index >= 15 is 0 Å². The van der Waals surface area contributed by atoms with Crippen LogP contribution in [0.4, 0.5) is 13.2 Å². The largest absolute Gasteiger partial charge is 0.455 e. The molecule has 1 radical (unpaired) electrons. The molecule has 0 aliphatic carbocycles. The second-order valence-electron chi connectivity index (χ2n) is 1.23. The lowest BCUT2D eigenvalue weighted by Crippen LogP contribution is -2.12. The first-order valence-electron chi connectivity index (χ1n) is 1.94. The normalized spacial score (nSPS) is 25.4. The summed E-state index contributed by atoms with van der Waals surface area (Å²) in [6.45, 7) is 0. The summed E-state index contributed by atoms with van der Waals surface area (Å²) in [5.74, 6) is 0. The standard InChI is InChI=1S/C3H2F3N2S/c4-3(5,6)9-2-7-1-8-9/h2H,(H,7,8). The van der Waals surface area contributed by atoms with Crippen LogP contribution in [-0.2, 0) is 0 Å². The van der Waals surface area contributed by atoms with Crippen LogP contribution in [0.3, 0.4) is 0 Å². The Labute approximate surface area is 51.8 Å². The SMILES string of the molecule is FC(F)(F)S1=CN=[C]N1. The van der Waals surface area contributed by atoms with E-state index in [1.54, 1.807) is 0 Å². The van der Waals surface area contributed by atoms with Gasteiger partial charge >= 0.3 is 5.51 Å². The fraction of sp³-hybridized carbons (Fsp3) is 0.333. The summed E-state index contributed by atoms with van der Waals surface area (Å²) in [5, 5.41) is 0. The van der Waals surface area contributed by atoms with E-state index in [0.29, 0.717) is 0 Å². The molecule has 9 heavy (non-hydrogen) atoms. The molecule has 51 valence electrons. The minimum absolute atomic E-state index is 0.792. The predicted molar refractivity (Wildman–Crippen MR) is 30.3 cm³/mol. The smallest absolute Gasteiger partial charge is 0.309 e. The van der Waals surface area contributed by atoms with Crippen LogP contribution >= 0.6 is 10.7 Å². The van der Waals surface area contributed by atoms with Crippen molar-refractivity contribution in [2.45, 2.75) is 5.51 Å². The summed E-state index contributed by atoms with van der Waals surface area (Å²) in [5.41, 5.74) is -3.42. The number of nitrogens with one attached hydrogen (secondary N) is 1. The second kappa shape index (κ2) is 2.02. The quantitative estimate of drug-likeness (QED) is 0.517. The van der Waals surface area contributed by atoms with Gasteiger partial charge in [0.1, 0.15) is 0 Å². The topological polar surface area (TPSA) is 24.4 Å². The van der Waals surface area contributed by atoms with Crippen molar-refractivity contribution in [3.05, 3.63) is 0 Å². The molecule has 2 nitrogen and oxygen atoms in total. The molecule has 0 saturated heterocycles. The Bertz CT molecular complexity index is 170. The summed E-state index contributed by atoms with van der Waals surface area (Å²) in [7, 11) is -1.90. The Kier molecular flexibility index (Phi) is 1.48. The van der Waals surface area contributed by atoms with Crippen molar-refractivity contribution in [2.24, 2.45) is 4.99 Å². The molecule has 1 heterocycles. The fourth-order valence-electron chi connectivity index (χ4n) is 0.299. The van der Waals surface area contributed by atoms with Gasteiger partial charge in [0.15, 0.2) is 6.34 Å². The molecule has 1 aliphatic heterocycles. The molecule has 0 aromatic carbocycles. The van der Waals surface area contributed by atoms with Gasteiger partial charge in [0.05, 0.1) is 5.49 Å². The third-order valence-electron chi connectivity index (χ3n) is 0.628. The van der Waals surface area contributed by atoms with Crippen LogP contribution in [0.1, 0.15) is 0 Å². The highest BCUT2D eigenvalue weighted by atomic mass is 32.2. The number of rotatable bonds is 0. The highest BCUT2D eigenvalue weighted by molar-refractivity contribution is 8.14. The minimum Gasteiger partial charge on any atom is -0.309 e. The molecule has 0 saturated carbocycles. The van der Waals surface area contributed by atoms with E-state index in [9.17, 15) is 13.2 Å². The van der Waals surface area contributed by atoms with Crippen LogP contribution in [0, 0.1) is 0 Å². The average molecular weight is 155 g/mol. The van der Waals surface area contributed by atoms with E-state index in [1.807, 2.05) is 11.1 Å². The average Bonchev–Trinajstić information content (AvgIpc) is 2.08. The van der Waals surface area contributed by atoms with Gasteiger partial charge in [-0.15, -0.1) is 0 Å². The Morgan fingerprint density at radius 1 is 1.56 bits per heavy atom. The molecular weight excluding hydrogens is 153 g/mol. The second-order valence-corrected chi connectivity index (χ2v) is 2.79. The van der Waals surface area contributed by atoms with Gasteiger partial charge in [-0.05, 0) is 0 Å². The van der Waals surface area contributed by atoms with Gasteiger partial charge in [-0.25, -0.2) is 4.99 Å². The first-order valence-corrected chi connectivity index (χ1v) is 3.23. The summed E-state index contributed by atoms with van der Waals surface area (Å²) in [6.07, 6.45) is 1.99. The zero-order chi connectivity index (χ0) is 6.91. The number of nitrogens with zero attached hydrogens (tertiary/aromatic N) is 1. The van der Waals surface area contributed by atoms with Crippen molar-refractivity contribution in [1.82, 2.24) is 4.72 Å². The summed E-state index contributed by atoms with van der Waals surface area (Å²) in [4.78, 5) is 3.14. The van der Waals surface area contributed by atoms with Gasteiger partial charge in [-0.3, -0.25) is 0 Å². The van der Waals surface area contributed by atoms with Crippen LogP contribution in [0.15, 0.2) is 4.99 Å². The maximum atomic E-state index is 11.6. The molecule has 0 fully saturated rings. The van der Waals surface area contributed by atoms with Gasteiger partial charge in [0.25, 0.3) is 0 Å². The lowest BCUT2D eigenvalue weighted by molar-refractivity contribution is -0.0338. The molecule has 0 aromatic heterocycles. The van der Waals surface area contributed by atoms with Crippen LogP contribution in [0.2, 0.25) is 0 Å². The van der Waals surface area contributed by atoms with E-state index in [1.165, 1.54) is 0 Å². The van der Waals surface area contributed by atoms with E-state index in [-0.39, 0.29) is 0 Å². The third-order valence-corrected chi connectivity index (χ3v) is 1.75. The van der Waals surface area contributed by atoms with E-state index in [4.69, 9.17) is 0 Å². The monoisotopic (exact) mass is 155 g/mol. The van der Waals surface area contributed by atoms with Crippen LogP contribution in [0.25, 0.3) is 0 Å². The predicted octanol–water partition coefficient (Wildman–Crippen LogP) is 0.958. The van der Waals surface area contributed by atoms with E-state index < -0.39 is 16.2 Å². The molecule has 0 spiro atoms. The third kappa shape index (κ3) is 1.44. The van der Waals surface area contributed by atoms with Crippen molar-refractivity contribution >= 4 is 22.5 Å². The van der Waals surface area contributed by atoms with Gasteiger partial charge in [0, 0.05) is 10.7 Å². The molecule has 1 rings (SSSR count). The zero-order valence-electron chi connectivity index (χ0n) is 4.07. The molecule has 1 atom stereocenters. The fourth-order valence-corrected chi connectivity index (χ4v) is 0.896. The van der Waals surface area contributed by atoms with E-state index in [0.717, 1.165) is 5.49 Å². The van der Waals surface area contributed by atoms with E-state index in [2.05, 4.69) is 4.99 Å². The Balaban J connectivity index is 2.66. The summed E-state index contributed by atoms with van der Waals surface area (Å²) in [6, 6.07) is 0. The van der Waals surface area contributed by atoms with Crippen LogP contribution in [-0.4, -0.2) is 17.3 Å². The maximum Gasteiger partial charge on any atom is 0.455 e. The number of hydrogen-bond donors (Lipinski definition) is 1. The number of aliphatic imine (C=N–C) groups is 1. The first kappa shape index (κ1) is 6.60. The maximum absolute atomic E-state index is 11.6. The highest BCUT2D eigenvalue weighted by Gasteiger charge is 2.33. The van der Waals surface area contributed by atoms with Crippen LogP contribution in [0.5, 0.6) is 0 Å². The highest BCUT2D eigenvalue weighted by Crippen LogP contribution is 2.34. The molecule has 6 heteroatoms. The van der Waals surface area contributed by atoms with Gasteiger partial charge in [-0.2, -0.15) is 13.2 Å². The molecule has 1 N–H and O–H groups in total. The number of hydrogen-bond acceptors (Lipinski definition) is 2. The first-order chi connectivity index (χ1) is 4.11. The van der Waals surface area contributed by atoms with Gasteiger partial charge in [-0.1, -0.05) is 0 Å². The molecule has 1 unspecified atom stereocenters. The van der Waals surface area contributed by atoms with Crippen molar-refractivity contribution in [3.8, 4) is 0 Å². The molecule has 0 amide bonds. The molecule has 1 aliphatic rings. The lowest BCUT2D eigenvalue weighted by Gasteiger charge is -2.05. The molecular formula is C3H2F3N2S. The van der Waals surface area contributed by atoms with Gasteiger partial charge < -0.3 is 4.72 Å². The van der Waals surface area contributed by atoms with Crippen LogP contribution < -0.4 is 4.72 Å². The zero-order valence-corrected chi connectivity index (χ0v) is 4.88. The van der Waals surface area contributed by atoms with Crippen molar-refractivity contribution < 1.29 is 13.2 Å². The van der Waals surface area contributed by atoms with Gasteiger partial charge in [0.2, 0.25) is 0 Å². The molecule has 0 aromatic rings. The Hall–Kier alpha value is -0.520. The Morgan fingerprint density at radius 3 is 2.44 bits per heavy atom. The molecule has 0 bridgehead atoms. The van der Waals surface area contributed by atoms with Crippen molar-refractivity contribution in [2.75, 3.05) is 0 Å². The van der Waals surface area contributed by atoms with Crippen molar-refractivity contribution in [3.63, 3.8) is 0 Å². The number of alkyl halides is 3. The number of halogens is 3. The minimum atomic E-state index is -4.22. The summed E-state index contributed by atoms with van der Waals surface area (Å²) < 4.78 is 36.7. The Morgan fingerprint density at radius 2 is 2.22 bits per heavy atom. The lowest BCUT2D eigenvalue weighted by atomic mass is 11.3. The summed E-state index contributed by atoms with van der Waals surface area (Å²) >= 11 is 0. The van der Waals surface area contributed by atoms with Crippen molar-refractivity contribution in [1.29, 1.82) is 0 Å².